The van der Waals surface area contributed by atoms with Gasteiger partial charge in [-0.05, 0) is 63.0 Å². The van der Waals surface area contributed by atoms with Gasteiger partial charge in [0.05, 0.1) is 5.54 Å². The molecule has 0 atom stereocenters. The number of carbonyl (C=O) groups is 1. The van der Waals surface area contributed by atoms with E-state index in [0.717, 1.165) is 50.6 Å². The molecule has 0 radical (unpaired) electrons. The van der Waals surface area contributed by atoms with Gasteiger partial charge in [-0.25, -0.2) is 4.39 Å². The molecule has 3 rings (SSSR count). The van der Waals surface area contributed by atoms with Gasteiger partial charge in [-0.15, -0.1) is 0 Å². The Hall–Kier alpha value is -1.56. The molecule has 1 aromatic carbocycles. The fraction of sp³-hybridized carbons (Fsp3) is 0.562. The SMILES string of the molecule is Cc1cc(F)ccc1C(F)(F)C(=O)NC1(CN2CCC2)CC1. The van der Waals surface area contributed by atoms with Crippen molar-refractivity contribution in [2.45, 2.75) is 37.6 Å². The second kappa shape index (κ2) is 5.26. The van der Waals surface area contributed by atoms with Crippen LogP contribution in [0.2, 0.25) is 0 Å². The van der Waals surface area contributed by atoms with Gasteiger partial charge in [0.2, 0.25) is 0 Å². The lowest BCUT2D eigenvalue weighted by Crippen LogP contribution is -2.53. The molecular weight excluding hydrogens is 293 g/mol. The Kier molecular flexibility index (Phi) is 3.67. The van der Waals surface area contributed by atoms with Crippen molar-refractivity contribution in [3.8, 4) is 0 Å². The Bertz CT molecular complexity index is 595. The zero-order valence-corrected chi connectivity index (χ0v) is 12.5. The Labute approximate surface area is 127 Å². The van der Waals surface area contributed by atoms with Crippen molar-refractivity contribution in [1.82, 2.24) is 10.2 Å². The van der Waals surface area contributed by atoms with Crippen LogP contribution in [-0.4, -0.2) is 36.0 Å². The van der Waals surface area contributed by atoms with Crippen molar-refractivity contribution < 1.29 is 18.0 Å². The van der Waals surface area contributed by atoms with E-state index in [1.807, 2.05) is 0 Å². The molecular formula is C16H19F3N2O. The van der Waals surface area contributed by atoms with E-state index in [1.54, 1.807) is 0 Å². The summed E-state index contributed by atoms with van der Waals surface area (Å²) in [6.07, 6.45) is 2.58. The summed E-state index contributed by atoms with van der Waals surface area (Å²) >= 11 is 0. The molecule has 1 aliphatic heterocycles. The first-order chi connectivity index (χ1) is 10.3. The molecule has 0 unspecified atom stereocenters. The average molecular weight is 312 g/mol. The minimum absolute atomic E-state index is 0.0766. The fourth-order valence-corrected chi connectivity index (χ4v) is 2.86. The number of hydrogen-bond donors (Lipinski definition) is 1. The van der Waals surface area contributed by atoms with Crippen LogP contribution in [0.25, 0.3) is 0 Å². The van der Waals surface area contributed by atoms with Crippen LogP contribution in [0.4, 0.5) is 13.2 Å². The van der Waals surface area contributed by atoms with Crippen molar-refractivity contribution >= 4 is 5.91 Å². The third-order valence-electron chi connectivity index (χ3n) is 4.52. The van der Waals surface area contributed by atoms with Crippen LogP contribution in [0, 0.1) is 12.7 Å². The maximum absolute atomic E-state index is 14.4. The van der Waals surface area contributed by atoms with Gasteiger partial charge < -0.3 is 10.2 Å². The van der Waals surface area contributed by atoms with Crippen molar-refractivity contribution in [3.63, 3.8) is 0 Å². The average Bonchev–Trinajstić information content (AvgIpc) is 3.13. The van der Waals surface area contributed by atoms with Crippen LogP contribution in [0.5, 0.6) is 0 Å². The lowest BCUT2D eigenvalue weighted by molar-refractivity contribution is -0.148. The summed E-state index contributed by atoms with van der Waals surface area (Å²) in [6.45, 7) is 3.94. The van der Waals surface area contributed by atoms with E-state index in [1.165, 1.54) is 6.92 Å². The number of aryl methyl sites for hydroxylation is 1. The summed E-state index contributed by atoms with van der Waals surface area (Å²) in [7, 11) is 0. The lowest BCUT2D eigenvalue weighted by Gasteiger charge is -2.35. The molecule has 6 heteroatoms. The van der Waals surface area contributed by atoms with Crippen molar-refractivity contribution in [1.29, 1.82) is 0 Å². The Balaban J connectivity index is 1.72. The number of halogens is 3. The number of rotatable bonds is 5. The minimum Gasteiger partial charge on any atom is -0.344 e. The number of amides is 1. The van der Waals surface area contributed by atoms with E-state index >= 15 is 0 Å². The predicted molar refractivity (Wildman–Crippen MR) is 76.2 cm³/mol. The molecule has 1 heterocycles. The molecule has 1 amide bonds. The van der Waals surface area contributed by atoms with Gasteiger partial charge >= 0.3 is 5.92 Å². The number of alkyl halides is 2. The zero-order valence-electron chi connectivity index (χ0n) is 12.5. The van der Waals surface area contributed by atoms with E-state index in [-0.39, 0.29) is 5.56 Å². The molecule has 120 valence electrons. The molecule has 22 heavy (non-hydrogen) atoms. The number of hydrogen-bond acceptors (Lipinski definition) is 2. The van der Waals surface area contributed by atoms with Gasteiger partial charge in [0, 0.05) is 12.1 Å². The maximum Gasteiger partial charge on any atom is 0.350 e. The van der Waals surface area contributed by atoms with Gasteiger partial charge in [0.25, 0.3) is 5.91 Å². The topological polar surface area (TPSA) is 32.3 Å². The Morgan fingerprint density at radius 3 is 2.55 bits per heavy atom. The molecule has 2 fully saturated rings. The van der Waals surface area contributed by atoms with Gasteiger partial charge in [-0.1, -0.05) is 0 Å². The van der Waals surface area contributed by atoms with Crippen molar-refractivity contribution in [3.05, 3.63) is 35.1 Å². The first kappa shape index (κ1) is 15.3. The summed E-state index contributed by atoms with van der Waals surface area (Å²) in [4.78, 5) is 14.2. The third kappa shape index (κ3) is 2.84. The number of carbonyl (C=O) groups excluding carboxylic acids is 1. The predicted octanol–water partition coefficient (Wildman–Crippen LogP) is 2.58. The molecule has 1 saturated heterocycles. The quantitative estimate of drug-likeness (QED) is 0.906. The highest BCUT2D eigenvalue weighted by Gasteiger charge is 2.51. The van der Waals surface area contributed by atoms with Crippen molar-refractivity contribution in [2.24, 2.45) is 0 Å². The Morgan fingerprint density at radius 1 is 1.36 bits per heavy atom. The number of likely N-dealkylation sites (tertiary alicyclic amines) is 1. The van der Waals surface area contributed by atoms with Gasteiger partial charge in [0.1, 0.15) is 5.82 Å². The highest BCUT2D eigenvalue weighted by atomic mass is 19.3. The highest BCUT2D eigenvalue weighted by molar-refractivity contribution is 5.86. The van der Waals surface area contributed by atoms with Crippen LogP contribution < -0.4 is 5.32 Å². The zero-order chi connectivity index (χ0) is 16.0. The molecule has 0 spiro atoms. The van der Waals surface area contributed by atoms with E-state index < -0.39 is 28.7 Å². The van der Waals surface area contributed by atoms with E-state index in [4.69, 9.17) is 0 Å². The summed E-state index contributed by atoms with van der Waals surface area (Å²) in [5.41, 5.74) is -0.867. The summed E-state index contributed by atoms with van der Waals surface area (Å²) in [5, 5.41) is 2.52. The number of nitrogens with one attached hydrogen (secondary N) is 1. The molecule has 1 saturated carbocycles. The molecule has 1 N–H and O–H groups in total. The number of nitrogens with zero attached hydrogens (tertiary/aromatic N) is 1. The molecule has 2 aliphatic rings. The monoisotopic (exact) mass is 312 g/mol. The molecule has 0 bridgehead atoms. The smallest absolute Gasteiger partial charge is 0.344 e. The summed E-state index contributed by atoms with van der Waals surface area (Å²) in [6, 6.07) is 2.96. The summed E-state index contributed by atoms with van der Waals surface area (Å²) in [5.74, 6) is -5.53. The first-order valence-electron chi connectivity index (χ1n) is 7.52. The van der Waals surface area contributed by atoms with Crippen LogP contribution in [-0.2, 0) is 10.7 Å². The molecule has 1 aromatic rings. The molecule has 1 aliphatic carbocycles. The van der Waals surface area contributed by atoms with Gasteiger partial charge in [-0.2, -0.15) is 8.78 Å². The van der Waals surface area contributed by atoms with Crippen LogP contribution in [0.1, 0.15) is 30.4 Å². The third-order valence-corrected chi connectivity index (χ3v) is 4.52. The highest BCUT2D eigenvalue weighted by Crippen LogP contribution is 2.39. The second-order valence-corrected chi connectivity index (χ2v) is 6.40. The Morgan fingerprint density at radius 2 is 2.05 bits per heavy atom. The van der Waals surface area contributed by atoms with E-state index in [0.29, 0.717) is 6.54 Å². The normalized spacial score (nSPS) is 20.4. The summed E-state index contributed by atoms with van der Waals surface area (Å²) < 4.78 is 41.8. The molecule has 3 nitrogen and oxygen atoms in total. The van der Waals surface area contributed by atoms with E-state index in [9.17, 15) is 18.0 Å². The molecule has 0 aromatic heterocycles. The minimum atomic E-state index is -3.65. The largest absolute Gasteiger partial charge is 0.350 e. The van der Waals surface area contributed by atoms with Crippen LogP contribution in [0.3, 0.4) is 0 Å². The number of benzene rings is 1. The standard InChI is InChI=1S/C16H19F3N2O/c1-11-9-12(17)3-4-13(11)16(18,19)14(22)20-15(5-6-15)10-21-7-2-8-21/h3-4,9H,2,5-8,10H2,1H3,(H,20,22). The van der Waals surface area contributed by atoms with Gasteiger partial charge in [-0.3, -0.25) is 4.79 Å². The van der Waals surface area contributed by atoms with Gasteiger partial charge in [0.15, 0.2) is 0 Å². The first-order valence-corrected chi connectivity index (χ1v) is 7.52. The second-order valence-electron chi connectivity index (χ2n) is 6.40. The van der Waals surface area contributed by atoms with Crippen molar-refractivity contribution in [2.75, 3.05) is 19.6 Å². The van der Waals surface area contributed by atoms with E-state index in [2.05, 4.69) is 10.2 Å². The van der Waals surface area contributed by atoms with Crippen LogP contribution in [0.15, 0.2) is 18.2 Å². The lowest BCUT2D eigenvalue weighted by atomic mass is 10.0. The maximum atomic E-state index is 14.4. The van der Waals surface area contributed by atoms with Crippen LogP contribution >= 0.6 is 0 Å². The fourth-order valence-electron chi connectivity index (χ4n) is 2.86.